The summed E-state index contributed by atoms with van der Waals surface area (Å²) in [6.07, 6.45) is 6.53. The second-order valence-electron chi connectivity index (χ2n) is 6.88. The molecule has 4 unspecified atom stereocenters. The molecule has 1 saturated carbocycles. The lowest BCUT2D eigenvalue weighted by Gasteiger charge is -2.48. The first-order valence-electron chi connectivity index (χ1n) is 8.10. The average molecular weight is 268 g/mol. The van der Waals surface area contributed by atoms with Crippen LogP contribution in [0.4, 0.5) is 0 Å². The Bertz CT molecular complexity index is 284. The van der Waals surface area contributed by atoms with Gasteiger partial charge in [-0.3, -0.25) is 4.90 Å². The minimum atomic E-state index is 0.0652. The van der Waals surface area contributed by atoms with Gasteiger partial charge < -0.3 is 10.1 Å². The zero-order valence-corrected chi connectivity index (χ0v) is 13.2. The number of rotatable bonds is 4. The van der Waals surface area contributed by atoms with E-state index in [1.807, 2.05) is 7.11 Å². The molecule has 3 nitrogen and oxygen atoms in total. The van der Waals surface area contributed by atoms with Crippen molar-refractivity contribution in [1.82, 2.24) is 10.2 Å². The van der Waals surface area contributed by atoms with E-state index in [-0.39, 0.29) is 5.60 Å². The van der Waals surface area contributed by atoms with E-state index in [1.54, 1.807) is 0 Å². The van der Waals surface area contributed by atoms with E-state index in [2.05, 4.69) is 31.0 Å². The fraction of sp³-hybridized carbons (Fsp3) is 1.00. The minimum Gasteiger partial charge on any atom is -0.377 e. The normalized spacial score (nSPS) is 41.4. The fourth-order valence-electron chi connectivity index (χ4n) is 3.95. The van der Waals surface area contributed by atoms with Gasteiger partial charge in [-0.25, -0.2) is 0 Å². The highest BCUT2D eigenvalue weighted by molar-refractivity contribution is 4.95. The monoisotopic (exact) mass is 268 g/mol. The van der Waals surface area contributed by atoms with Crippen LogP contribution >= 0.6 is 0 Å². The maximum absolute atomic E-state index is 5.76. The number of nitrogens with one attached hydrogen (secondary N) is 1. The summed E-state index contributed by atoms with van der Waals surface area (Å²) in [5, 5.41) is 3.72. The van der Waals surface area contributed by atoms with Crippen LogP contribution in [0, 0.1) is 5.92 Å². The molecule has 0 radical (unpaired) electrons. The molecule has 1 heterocycles. The Morgan fingerprint density at radius 3 is 2.84 bits per heavy atom. The van der Waals surface area contributed by atoms with Gasteiger partial charge in [0, 0.05) is 25.7 Å². The van der Waals surface area contributed by atoms with Gasteiger partial charge in [0.2, 0.25) is 0 Å². The summed E-state index contributed by atoms with van der Waals surface area (Å²) in [5.41, 5.74) is 0.0652. The Labute approximate surface area is 119 Å². The lowest BCUT2D eigenvalue weighted by Crippen LogP contribution is -2.58. The molecule has 3 heteroatoms. The number of hydrogen-bond acceptors (Lipinski definition) is 3. The Balaban J connectivity index is 2.03. The van der Waals surface area contributed by atoms with Gasteiger partial charge in [0.25, 0.3) is 0 Å². The lowest BCUT2D eigenvalue weighted by molar-refractivity contribution is -0.0705. The van der Waals surface area contributed by atoms with E-state index in [0.29, 0.717) is 12.1 Å². The summed E-state index contributed by atoms with van der Waals surface area (Å²) in [4.78, 5) is 2.70. The summed E-state index contributed by atoms with van der Waals surface area (Å²) >= 11 is 0. The Kier molecular flexibility index (Phi) is 5.27. The molecule has 0 aromatic rings. The largest absolute Gasteiger partial charge is 0.377 e. The minimum absolute atomic E-state index is 0.0652. The number of piperidine rings is 1. The van der Waals surface area contributed by atoms with Crippen molar-refractivity contribution in [3.05, 3.63) is 0 Å². The molecule has 0 amide bonds. The second-order valence-corrected chi connectivity index (χ2v) is 6.88. The molecular formula is C16H32N2O. The highest BCUT2D eigenvalue weighted by Gasteiger charge is 2.38. The van der Waals surface area contributed by atoms with Gasteiger partial charge in [0.05, 0.1) is 5.60 Å². The topological polar surface area (TPSA) is 24.5 Å². The molecule has 1 aliphatic heterocycles. The molecule has 4 atom stereocenters. The number of likely N-dealkylation sites (tertiary alicyclic amines) is 1. The molecule has 19 heavy (non-hydrogen) atoms. The van der Waals surface area contributed by atoms with Gasteiger partial charge in [-0.05, 0) is 58.0 Å². The van der Waals surface area contributed by atoms with Gasteiger partial charge >= 0.3 is 0 Å². The van der Waals surface area contributed by atoms with Crippen molar-refractivity contribution >= 4 is 0 Å². The van der Waals surface area contributed by atoms with E-state index >= 15 is 0 Å². The number of nitrogens with zero attached hydrogens (tertiary/aromatic N) is 1. The lowest BCUT2D eigenvalue weighted by atomic mass is 9.81. The Morgan fingerprint density at radius 2 is 2.16 bits per heavy atom. The first-order chi connectivity index (χ1) is 9.08. The van der Waals surface area contributed by atoms with Crippen LogP contribution in [-0.2, 0) is 4.74 Å². The van der Waals surface area contributed by atoms with Crippen molar-refractivity contribution < 1.29 is 4.74 Å². The summed E-state index contributed by atoms with van der Waals surface area (Å²) in [6.45, 7) is 10.3. The second kappa shape index (κ2) is 6.55. The SMILES string of the molecule is CCNC1CCC(C)CC1N1CCCC(C)(OC)C1. The van der Waals surface area contributed by atoms with E-state index in [9.17, 15) is 0 Å². The molecule has 1 aliphatic carbocycles. The predicted octanol–water partition coefficient (Wildman–Crippen LogP) is 2.65. The van der Waals surface area contributed by atoms with Gasteiger partial charge in [-0.15, -0.1) is 0 Å². The van der Waals surface area contributed by atoms with Crippen molar-refractivity contribution in [2.24, 2.45) is 5.92 Å². The Hall–Kier alpha value is -0.120. The van der Waals surface area contributed by atoms with Crippen molar-refractivity contribution in [2.45, 2.75) is 70.6 Å². The van der Waals surface area contributed by atoms with Crippen LogP contribution in [0.25, 0.3) is 0 Å². The van der Waals surface area contributed by atoms with Crippen LogP contribution in [0.1, 0.15) is 52.9 Å². The molecule has 0 spiro atoms. The zero-order valence-electron chi connectivity index (χ0n) is 13.2. The molecule has 0 bridgehead atoms. The molecular weight excluding hydrogens is 236 g/mol. The van der Waals surface area contributed by atoms with Crippen LogP contribution in [0.3, 0.4) is 0 Å². The van der Waals surface area contributed by atoms with Crippen molar-refractivity contribution in [3.63, 3.8) is 0 Å². The van der Waals surface area contributed by atoms with Crippen molar-refractivity contribution in [1.29, 1.82) is 0 Å². The standard InChI is InChI=1S/C16H32N2O/c1-5-17-14-8-7-13(2)11-15(14)18-10-6-9-16(3,12-18)19-4/h13-15,17H,5-12H2,1-4H3. The van der Waals surface area contributed by atoms with Gasteiger partial charge in [0.1, 0.15) is 0 Å². The van der Waals surface area contributed by atoms with Crippen LogP contribution in [0.15, 0.2) is 0 Å². The highest BCUT2D eigenvalue weighted by Crippen LogP contribution is 2.32. The van der Waals surface area contributed by atoms with E-state index in [0.717, 1.165) is 19.0 Å². The Morgan fingerprint density at radius 1 is 1.37 bits per heavy atom. The fourth-order valence-corrected chi connectivity index (χ4v) is 3.95. The highest BCUT2D eigenvalue weighted by atomic mass is 16.5. The zero-order chi connectivity index (χ0) is 13.9. The van der Waals surface area contributed by atoms with E-state index < -0.39 is 0 Å². The van der Waals surface area contributed by atoms with Crippen LogP contribution in [0.5, 0.6) is 0 Å². The van der Waals surface area contributed by atoms with Crippen molar-refractivity contribution in [2.75, 3.05) is 26.7 Å². The predicted molar refractivity (Wildman–Crippen MR) is 80.5 cm³/mol. The molecule has 1 saturated heterocycles. The molecule has 2 aliphatic rings. The molecule has 2 rings (SSSR count). The molecule has 0 aromatic carbocycles. The maximum atomic E-state index is 5.76. The number of ether oxygens (including phenoxy) is 1. The van der Waals surface area contributed by atoms with Gasteiger partial charge in [-0.1, -0.05) is 13.8 Å². The summed E-state index contributed by atoms with van der Waals surface area (Å²) in [5.74, 6) is 0.871. The summed E-state index contributed by atoms with van der Waals surface area (Å²) < 4.78 is 5.76. The maximum Gasteiger partial charge on any atom is 0.0777 e. The first kappa shape index (κ1) is 15.3. The average Bonchev–Trinajstić information content (AvgIpc) is 2.41. The van der Waals surface area contributed by atoms with Crippen LogP contribution in [-0.4, -0.2) is 49.3 Å². The van der Waals surface area contributed by atoms with E-state index in [1.165, 1.54) is 38.6 Å². The molecule has 0 aromatic heterocycles. The molecule has 112 valence electrons. The van der Waals surface area contributed by atoms with E-state index in [4.69, 9.17) is 4.74 Å². The third-order valence-electron chi connectivity index (χ3n) is 5.20. The molecule has 2 fully saturated rings. The van der Waals surface area contributed by atoms with Gasteiger partial charge in [0.15, 0.2) is 0 Å². The number of methoxy groups -OCH3 is 1. The van der Waals surface area contributed by atoms with Crippen molar-refractivity contribution in [3.8, 4) is 0 Å². The molecule has 1 N–H and O–H groups in total. The summed E-state index contributed by atoms with van der Waals surface area (Å²) in [6, 6.07) is 1.39. The summed E-state index contributed by atoms with van der Waals surface area (Å²) in [7, 11) is 1.87. The number of hydrogen-bond donors (Lipinski definition) is 1. The van der Waals surface area contributed by atoms with Gasteiger partial charge in [-0.2, -0.15) is 0 Å². The smallest absolute Gasteiger partial charge is 0.0777 e. The third kappa shape index (κ3) is 3.71. The number of likely N-dealkylation sites (N-methyl/N-ethyl adjacent to an activating group) is 1. The third-order valence-corrected chi connectivity index (χ3v) is 5.20. The quantitative estimate of drug-likeness (QED) is 0.848. The van der Waals surface area contributed by atoms with Crippen LogP contribution in [0.2, 0.25) is 0 Å². The van der Waals surface area contributed by atoms with Crippen LogP contribution < -0.4 is 5.32 Å². The first-order valence-corrected chi connectivity index (χ1v) is 8.10.